The van der Waals surface area contributed by atoms with Crippen LogP contribution in [0.1, 0.15) is 192 Å². The van der Waals surface area contributed by atoms with Gasteiger partial charge in [-0.05, 0) is 96.9 Å². The summed E-state index contributed by atoms with van der Waals surface area (Å²) in [5, 5.41) is 0. The zero-order valence-corrected chi connectivity index (χ0v) is 53.1. The van der Waals surface area contributed by atoms with Crippen molar-refractivity contribution in [2.45, 2.75) is 189 Å². The van der Waals surface area contributed by atoms with Gasteiger partial charge in [-0.2, -0.15) is 17.5 Å². The van der Waals surface area contributed by atoms with Crippen LogP contribution in [0.4, 0.5) is 0 Å². The Morgan fingerprint density at radius 2 is 0.779 bits per heavy atom. The molecule has 10 aromatic rings. The van der Waals surface area contributed by atoms with Crippen molar-refractivity contribution in [3.63, 3.8) is 0 Å². The maximum absolute atomic E-state index is 5.32. The summed E-state index contributed by atoms with van der Waals surface area (Å²) in [6.45, 7) is 18.9. The van der Waals surface area contributed by atoms with Crippen molar-refractivity contribution >= 4 is 132 Å². The summed E-state index contributed by atoms with van der Waals surface area (Å²) >= 11 is 14.2. The Balaban J connectivity index is 0.979. The Labute approximate surface area is 489 Å². The van der Waals surface area contributed by atoms with E-state index < -0.39 is 0 Å². The molecule has 0 fully saturated rings. The first-order valence-corrected chi connectivity index (χ1v) is 35.7. The Hall–Kier alpha value is -3.34. The molecule has 77 heavy (non-hydrogen) atoms. The van der Waals surface area contributed by atoms with E-state index in [0.29, 0.717) is 11.8 Å². The van der Waals surface area contributed by atoms with Crippen molar-refractivity contribution in [1.82, 2.24) is 27.5 Å². The van der Waals surface area contributed by atoms with Gasteiger partial charge >= 0.3 is 0 Å². The second kappa shape index (κ2) is 24.8. The molecule has 11 rings (SSSR count). The lowest BCUT2D eigenvalue weighted by molar-refractivity contribution is 0.266. The average molecular weight is 1170 g/mol. The highest BCUT2D eigenvalue weighted by molar-refractivity contribution is 7.30. The molecule has 0 bridgehead atoms. The normalized spacial score (nSPS) is 16.2. The highest BCUT2D eigenvalue weighted by Crippen LogP contribution is 2.63. The Morgan fingerprint density at radius 3 is 1.16 bits per heavy atom. The fraction of sp³-hybridized carbons (Fsp3) is 0.524. The van der Waals surface area contributed by atoms with E-state index in [9.17, 15) is 0 Å². The third-order valence-corrected chi connectivity index (χ3v) is 25.4. The second-order valence-electron chi connectivity index (χ2n) is 22.3. The number of aromatic nitrogens is 6. The van der Waals surface area contributed by atoms with Gasteiger partial charge in [-0.3, -0.25) is 9.97 Å². The van der Waals surface area contributed by atoms with Crippen LogP contribution >= 0.6 is 91.5 Å². The zero-order valence-electron chi connectivity index (χ0n) is 46.5. The van der Waals surface area contributed by atoms with E-state index in [1.165, 1.54) is 208 Å². The Kier molecular flexibility index (Phi) is 17.9. The molecule has 6 nitrogen and oxygen atoms in total. The van der Waals surface area contributed by atoms with Gasteiger partial charge in [-0.25, -0.2) is 0 Å². The van der Waals surface area contributed by atoms with Gasteiger partial charge in [0.15, 0.2) is 0 Å². The molecule has 10 heterocycles. The minimum Gasteiger partial charge on any atom is -0.252 e. The second-order valence-corrected chi connectivity index (χ2v) is 30.0. The van der Waals surface area contributed by atoms with Crippen LogP contribution in [0.3, 0.4) is 0 Å². The largest absolute Gasteiger partial charge is 0.252 e. The van der Waals surface area contributed by atoms with Crippen molar-refractivity contribution < 1.29 is 0 Å². The van der Waals surface area contributed by atoms with Crippen LogP contribution in [0.2, 0.25) is 0 Å². The van der Waals surface area contributed by atoms with Crippen LogP contribution in [0.15, 0.2) is 48.8 Å². The third kappa shape index (κ3) is 11.1. The Bertz CT molecular complexity index is 3280. The summed E-state index contributed by atoms with van der Waals surface area (Å²) < 4.78 is 25.6. The van der Waals surface area contributed by atoms with Gasteiger partial charge in [-0.1, -0.05) is 158 Å². The number of hydrogen-bond acceptors (Lipinski definition) is 14. The summed E-state index contributed by atoms with van der Waals surface area (Å²) in [5.74, 6) is 2.79. The molecule has 1 aliphatic carbocycles. The minimum absolute atomic E-state index is 0.111. The van der Waals surface area contributed by atoms with Crippen LogP contribution in [0.5, 0.6) is 0 Å². The first kappa shape index (κ1) is 55.6. The molecule has 0 aliphatic heterocycles. The fourth-order valence-electron chi connectivity index (χ4n) is 12.6. The molecule has 0 amide bonds. The summed E-state index contributed by atoms with van der Waals surface area (Å²) in [6.07, 6.45) is 29.2. The first-order valence-electron chi connectivity index (χ1n) is 29.3. The molecule has 0 saturated heterocycles. The third-order valence-electron chi connectivity index (χ3n) is 17.2. The molecule has 4 unspecified atom stereocenters. The van der Waals surface area contributed by atoms with Gasteiger partial charge in [0.1, 0.15) is 33.5 Å². The number of hydrogen-bond donors (Lipinski definition) is 0. The summed E-state index contributed by atoms with van der Waals surface area (Å²) in [4.78, 5) is 21.4. The lowest BCUT2D eigenvalue weighted by atomic mass is 9.65. The molecule has 4 atom stereocenters. The smallest absolute Gasteiger partial charge is 0.132 e. The Morgan fingerprint density at radius 1 is 0.403 bits per heavy atom. The fourth-order valence-corrected chi connectivity index (χ4v) is 21.5. The first-order chi connectivity index (χ1) is 37.7. The summed E-state index contributed by atoms with van der Waals surface area (Å²) in [6, 6.07) is 14.8. The standard InChI is InChI=1S/C63H76N6S8/c1-9-17-21-37(13-5)25-41-27-49-51(70-41)31-53(72-49)57-59-55(66-76-68-59)43(35-64-57)47-29-45-61(74-47)62-46(63(45,33-39(15-7)23-19-11-3)34-40(16-8)24-20-12-4)30-48(75-62)44-36-65-58(60-56(44)67-77-69-60)54-32-52-50(73-54)28-42(71-52)26-38(14-6)22-18-10-2/h27-32,35-40H,9-26,33-34H2,1-8H3. The topological polar surface area (TPSA) is 77.3 Å². The molecule has 10 aromatic heterocycles. The summed E-state index contributed by atoms with van der Waals surface area (Å²) in [5.41, 5.74) is 10.9. The van der Waals surface area contributed by atoms with Gasteiger partial charge in [0.05, 0.1) is 33.2 Å². The molecule has 0 radical (unpaired) electrons. The van der Waals surface area contributed by atoms with Gasteiger partial charge in [0.25, 0.3) is 0 Å². The number of fused-ring (bicyclic) bond motifs is 7. The molecular formula is C63H76N6S8. The summed E-state index contributed by atoms with van der Waals surface area (Å²) in [7, 11) is 0. The molecule has 0 saturated carbocycles. The average Bonchev–Trinajstić information content (AvgIpc) is 4.37. The van der Waals surface area contributed by atoms with E-state index in [2.05, 4.69) is 104 Å². The maximum Gasteiger partial charge on any atom is 0.132 e. The van der Waals surface area contributed by atoms with Crippen molar-refractivity contribution in [1.29, 1.82) is 0 Å². The lowest BCUT2D eigenvalue weighted by Crippen LogP contribution is -2.31. The molecule has 406 valence electrons. The van der Waals surface area contributed by atoms with E-state index in [4.69, 9.17) is 27.5 Å². The quantitative estimate of drug-likeness (QED) is 0.0486. The predicted molar refractivity (Wildman–Crippen MR) is 344 cm³/mol. The van der Waals surface area contributed by atoms with E-state index in [0.717, 1.165) is 69.3 Å². The molecular weight excluding hydrogens is 1100 g/mol. The van der Waals surface area contributed by atoms with Crippen molar-refractivity contribution in [2.75, 3.05) is 0 Å². The predicted octanol–water partition coefficient (Wildman–Crippen LogP) is 22.8. The molecule has 0 spiro atoms. The number of rotatable bonds is 28. The maximum atomic E-state index is 5.32. The number of thiophene rings is 6. The van der Waals surface area contributed by atoms with Crippen LogP contribution in [0.25, 0.3) is 92.6 Å². The number of unbranched alkanes of at least 4 members (excludes halogenated alkanes) is 4. The van der Waals surface area contributed by atoms with Crippen molar-refractivity contribution in [3.05, 3.63) is 69.7 Å². The zero-order chi connectivity index (χ0) is 53.2. The van der Waals surface area contributed by atoms with Crippen molar-refractivity contribution in [2.24, 2.45) is 23.7 Å². The minimum atomic E-state index is -0.111. The van der Waals surface area contributed by atoms with E-state index in [-0.39, 0.29) is 5.41 Å². The van der Waals surface area contributed by atoms with Crippen LogP contribution in [0, 0.1) is 23.7 Å². The van der Waals surface area contributed by atoms with E-state index in [1.54, 1.807) is 0 Å². The van der Waals surface area contributed by atoms with Gasteiger partial charge in [0, 0.05) is 77.0 Å². The van der Waals surface area contributed by atoms with Gasteiger partial charge in [0.2, 0.25) is 0 Å². The van der Waals surface area contributed by atoms with Crippen molar-refractivity contribution in [3.8, 4) is 51.8 Å². The lowest BCUT2D eigenvalue weighted by Gasteiger charge is -2.37. The highest BCUT2D eigenvalue weighted by atomic mass is 32.1. The van der Waals surface area contributed by atoms with E-state index in [1.807, 2.05) is 68.0 Å². The van der Waals surface area contributed by atoms with Gasteiger partial charge < -0.3 is 0 Å². The SMILES string of the molecule is CCCCC(CC)Cc1cc2sc(-c3ncc(-c4cc5c(s4)-c4sc(-c6cnc(-c7cc8sc(CC(CC)CCCC)cc8s7)c7nsnc67)cc4C5(CC(CC)CCCC)CC(CC)CCCC)c4nsnc34)cc2s1. The van der Waals surface area contributed by atoms with Crippen LogP contribution in [-0.2, 0) is 18.3 Å². The number of nitrogens with zero attached hydrogens (tertiary/aromatic N) is 6. The molecule has 1 aliphatic rings. The molecule has 0 aromatic carbocycles. The number of pyridine rings is 2. The van der Waals surface area contributed by atoms with E-state index >= 15 is 0 Å². The van der Waals surface area contributed by atoms with Crippen LogP contribution < -0.4 is 0 Å². The monoisotopic (exact) mass is 1170 g/mol. The molecule has 0 N–H and O–H groups in total. The van der Waals surface area contributed by atoms with Crippen LogP contribution in [-0.4, -0.2) is 27.5 Å². The van der Waals surface area contributed by atoms with Gasteiger partial charge in [-0.15, -0.1) is 68.0 Å². The molecule has 14 heteroatoms. The highest BCUT2D eigenvalue weighted by Gasteiger charge is 2.48.